The Morgan fingerprint density at radius 1 is 1.14 bits per heavy atom. The summed E-state index contributed by atoms with van der Waals surface area (Å²) in [7, 11) is 0. The van der Waals surface area contributed by atoms with Gasteiger partial charge in [0.2, 0.25) is 0 Å². The molecule has 1 aromatic rings. The minimum atomic E-state index is -0.245. The largest absolute Gasteiger partial charge is 0.456 e. The van der Waals surface area contributed by atoms with Gasteiger partial charge in [0.25, 0.3) is 5.91 Å². The van der Waals surface area contributed by atoms with Crippen LogP contribution < -0.4 is 5.32 Å². The van der Waals surface area contributed by atoms with Crippen LogP contribution in [0.25, 0.3) is 0 Å². The van der Waals surface area contributed by atoms with E-state index in [2.05, 4.69) is 5.32 Å². The Kier molecular flexibility index (Phi) is 4.76. The summed E-state index contributed by atoms with van der Waals surface area (Å²) >= 11 is 0. The number of hydrogen-bond acceptors (Lipinski definition) is 3. The third-order valence-corrected chi connectivity index (χ3v) is 5.01. The van der Waals surface area contributed by atoms with E-state index in [1.807, 2.05) is 30.3 Å². The van der Waals surface area contributed by atoms with Crippen molar-refractivity contribution in [3.63, 3.8) is 0 Å². The fourth-order valence-electron chi connectivity index (χ4n) is 3.89. The predicted octanol–water partition coefficient (Wildman–Crippen LogP) is 2.67. The van der Waals surface area contributed by atoms with Gasteiger partial charge < -0.3 is 10.1 Å². The molecule has 0 aromatic heterocycles. The van der Waals surface area contributed by atoms with E-state index in [1.165, 1.54) is 25.7 Å². The van der Waals surface area contributed by atoms with Crippen molar-refractivity contribution < 1.29 is 14.3 Å². The topological polar surface area (TPSA) is 55.4 Å². The van der Waals surface area contributed by atoms with Crippen LogP contribution in [0.4, 0.5) is 0 Å². The molecule has 1 amide bonds. The molecule has 3 atom stereocenters. The Morgan fingerprint density at radius 3 is 2.64 bits per heavy atom. The number of rotatable bonds is 6. The van der Waals surface area contributed by atoms with Crippen LogP contribution in [0.3, 0.4) is 0 Å². The molecular weight excluding hydrogens is 278 g/mol. The molecule has 4 nitrogen and oxygen atoms in total. The highest BCUT2D eigenvalue weighted by Crippen LogP contribution is 2.49. The van der Waals surface area contributed by atoms with Crippen LogP contribution in [0.1, 0.15) is 37.7 Å². The van der Waals surface area contributed by atoms with E-state index in [4.69, 9.17) is 4.74 Å². The lowest BCUT2D eigenvalue weighted by Gasteiger charge is -2.20. The number of nitrogens with one attached hydrogen (secondary N) is 1. The molecule has 0 heterocycles. The fraction of sp³-hybridized carbons (Fsp3) is 0.556. The Hall–Kier alpha value is -1.84. The van der Waals surface area contributed by atoms with Crippen LogP contribution >= 0.6 is 0 Å². The van der Waals surface area contributed by atoms with Gasteiger partial charge in [0.1, 0.15) is 0 Å². The summed E-state index contributed by atoms with van der Waals surface area (Å²) in [5, 5.41) is 2.76. The molecule has 2 saturated carbocycles. The van der Waals surface area contributed by atoms with Crippen LogP contribution in [-0.2, 0) is 20.9 Å². The van der Waals surface area contributed by atoms with Gasteiger partial charge in [0.15, 0.2) is 6.61 Å². The Bertz CT molecular complexity index is 528. The van der Waals surface area contributed by atoms with E-state index in [0.29, 0.717) is 24.8 Å². The molecule has 0 radical (unpaired) electrons. The van der Waals surface area contributed by atoms with Crippen molar-refractivity contribution in [2.75, 3.05) is 6.61 Å². The summed E-state index contributed by atoms with van der Waals surface area (Å²) in [6.45, 7) is 0.288. The van der Waals surface area contributed by atoms with Crippen LogP contribution in [0, 0.1) is 17.8 Å². The minimum absolute atomic E-state index is 0.174. The highest BCUT2D eigenvalue weighted by Gasteiger charge is 2.40. The molecule has 0 spiro atoms. The van der Waals surface area contributed by atoms with Crippen LogP contribution in [0.15, 0.2) is 30.3 Å². The smallest absolute Gasteiger partial charge is 0.306 e. The standard InChI is InChI=1S/C18H23NO3/c20-17(19-11-13-4-2-1-3-5-13)12-22-18(21)10-16-9-14-6-7-15(16)8-14/h1-5,14-16H,6-12H2,(H,19,20)/t14-,15-,16-/m0/s1. The highest BCUT2D eigenvalue weighted by molar-refractivity contribution is 5.80. The molecule has 0 unspecified atom stereocenters. The van der Waals surface area contributed by atoms with Crippen molar-refractivity contribution >= 4 is 11.9 Å². The van der Waals surface area contributed by atoms with E-state index in [-0.39, 0.29) is 18.5 Å². The highest BCUT2D eigenvalue weighted by atomic mass is 16.5. The lowest BCUT2D eigenvalue weighted by molar-refractivity contribution is -0.149. The Balaban J connectivity index is 1.33. The summed E-state index contributed by atoms with van der Waals surface area (Å²) in [6.07, 6.45) is 5.53. The van der Waals surface area contributed by atoms with Gasteiger partial charge in [0.05, 0.1) is 0 Å². The van der Waals surface area contributed by atoms with Crippen molar-refractivity contribution in [2.24, 2.45) is 17.8 Å². The number of esters is 1. The number of fused-ring (bicyclic) bond motifs is 2. The molecule has 0 aliphatic heterocycles. The Morgan fingerprint density at radius 2 is 1.95 bits per heavy atom. The molecule has 3 rings (SSSR count). The first-order valence-corrected chi connectivity index (χ1v) is 8.17. The van der Waals surface area contributed by atoms with Crippen molar-refractivity contribution in [3.05, 3.63) is 35.9 Å². The number of amides is 1. The van der Waals surface area contributed by atoms with Gasteiger partial charge in [-0.15, -0.1) is 0 Å². The summed E-state index contributed by atoms with van der Waals surface area (Å²) in [4.78, 5) is 23.5. The van der Waals surface area contributed by atoms with Crippen LogP contribution in [0.2, 0.25) is 0 Å². The molecule has 0 saturated heterocycles. The maximum absolute atomic E-state index is 11.9. The maximum atomic E-state index is 11.9. The first-order chi connectivity index (χ1) is 10.7. The van der Waals surface area contributed by atoms with Crippen molar-refractivity contribution in [1.82, 2.24) is 5.32 Å². The van der Waals surface area contributed by atoms with E-state index in [9.17, 15) is 9.59 Å². The second kappa shape index (κ2) is 6.95. The molecule has 2 aliphatic carbocycles. The SMILES string of the molecule is O=C(COC(=O)C[C@@H]1C[C@H]2CC[C@H]1C2)NCc1ccccc1. The third kappa shape index (κ3) is 3.87. The number of ether oxygens (including phenoxy) is 1. The van der Waals surface area contributed by atoms with E-state index in [0.717, 1.165) is 11.5 Å². The lowest BCUT2D eigenvalue weighted by Crippen LogP contribution is -2.29. The zero-order valence-corrected chi connectivity index (χ0v) is 12.8. The third-order valence-electron chi connectivity index (χ3n) is 5.01. The van der Waals surface area contributed by atoms with Gasteiger partial charge in [-0.05, 0) is 42.6 Å². The van der Waals surface area contributed by atoms with Gasteiger partial charge >= 0.3 is 5.97 Å². The second-order valence-electron chi connectivity index (χ2n) is 6.56. The molecule has 1 N–H and O–H groups in total. The van der Waals surface area contributed by atoms with Crippen LogP contribution in [-0.4, -0.2) is 18.5 Å². The lowest BCUT2D eigenvalue weighted by atomic mass is 9.86. The first-order valence-electron chi connectivity index (χ1n) is 8.17. The molecule has 4 heteroatoms. The zero-order valence-electron chi connectivity index (χ0n) is 12.8. The van der Waals surface area contributed by atoms with E-state index in [1.54, 1.807) is 0 Å². The molecule has 2 bridgehead atoms. The normalized spacial score (nSPS) is 25.9. The number of carbonyl (C=O) groups excluding carboxylic acids is 2. The molecule has 1 aromatic carbocycles. The maximum Gasteiger partial charge on any atom is 0.306 e. The zero-order chi connectivity index (χ0) is 15.4. The molecular formula is C18H23NO3. The predicted molar refractivity (Wildman–Crippen MR) is 82.8 cm³/mol. The number of benzene rings is 1. The average Bonchev–Trinajstić information content (AvgIpc) is 3.14. The van der Waals surface area contributed by atoms with Gasteiger partial charge in [0, 0.05) is 13.0 Å². The molecule has 118 valence electrons. The number of carbonyl (C=O) groups is 2. The van der Waals surface area contributed by atoms with E-state index < -0.39 is 0 Å². The van der Waals surface area contributed by atoms with E-state index >= 15 is 0 Å². The van der Waals surface area contributed by atoms with Gasteiger partial charge in [-0.1, -0.05) is 36.8 Å². The van der Waals surface area contributed by atoms with Crippen molar-refractivity contribution in [3.8, 4) is 0 Å². The summed E-state index contributed by atoms with van der Waals surface area (Å²) in [6, 6.07) is 9.68. The number of hydrogen-bond donors (Lipinski definition) is 1. The molecule has 2 aliphatic rings. The summed E-state index contributed by atoms with van der Waals surface area (Å²) in [5.41, 5.74) is 1.03. The van der Waals surface area contributed by atoms with Gasteiger partial charge in [-0.2, -0.15) is 0 Å². The summed E-state index contributed by atoms with van der Waals surface area (Å²) in [5.74, 6) is 1.55. The fourth-order valence-corrected chi connectivity index (χ4v) is 3.89. The first kappa shape index (κ1) is 15.1. The average molecular weight is 301 g/mol. The van der Waals surface area contributed by atoms with Gasteiger partial charge in [-0.3, -0.25) is 9.59 Å². The molecule has 2 fully saturated rings. The minimum Gasteiger partial charge on any atom is -0.456 e. The quantitative estimate of drug-likeness (QED) is 0.822. The summed E-state index contributed by atoms with van der Waals surface area (Å²) < 4.78 is 5.11. The van der Waals surface area contributed by atoms with Gasteiger partial charge in [-0.25, -0.2) is 0 Å². The van der Waals surface area contributed by atoms with Crippen molar-refractivity contribution in [2.45, 2.75) is 38.6 Å². The monoisotopic (exact) mass is 301 g/mol. The Labute approximate surface area is 131 Å². The van der Waals surface area contributed by atoms with Crippen molar-refractivity contribution in [1.29, 1.82) is 0 Å². The van der Waals surface area contributed by atoms with Crippen LogP contribution in [0.5, 0.6) is 0 Å². The second-order valence-corrected chi connectivity index (χ2v) is 6.56. The molecule has 22 heavy (non-hydrogen) atoms.